The van der Waals surface area contributed by atoms with Crippen LogP contribution in [0.5, 0.6) is 11.5 Å². The van der Waals surface area contributed by atoms with Gasteiger partial charge in [0, 0.05) is 30.3 Å². The largest absolute Gasteiger partial charge is 0.494 e. The van der Waals surface area contributed by atoms with Crippen LogP contribution in [0.1, 0.15) is 30.1 Å². The molecule has 0 radical (unpaired) electrons. The number of amides is 2. The molecular weight excluding hydrogens is 411 g/mol. The highest BCUT2D eigenvalue weighted by Crippen LogP contribution is 2.20. The molecule has 6 nitrogen and oxygen atoms in total. The number of carbonyl (C=O) groups is 2. The van der Waals surface area contributed by atoms with E-state index in [0.717, 1.165) is 12.5 Å². The molecular formula is C22H24ClFN2O4. The van der Waals surface area contributed by atoms with Crippen molar-refractivity contribution in [2.24, 2.45) is 0 Å². The molecule has 0 spiro atoms. The molecule has 0 aliphatic carbocycles. The Labute approximate surface area is 180 Å². The van der Waals surface area contributed by atoms with Crippen LogP contribution < -0.4 is 20.1 Å². The maximum absolute atomic E-state index is 13.3. The Hall–Kier alpha value is -3.06. The molecule has 0 aliphatic heterocycles. The first-order chi connectivity index (χ1) is 14.4. The van der Waals surface area contributed by atoms with Gasteiger partial charge in [-0.25, -0.2) is 4.39 Å². The maximum atomic E-state index is 13.3. The predicted molar refractivity (Wildman–Crippen MR) is 113 cm³/mol. The Bertz CT molecular complexity index is 887. The fourth-order valence-corrected chi connectivity index (χ4v) is 2.48. The van der Waals surface area contributed by atoms with Crippen molar-refractivity contribution in [3.05, 3.63) is 71.1 Å². The minimum Gasteiger partial charge on any atom is -0.494 e. The lowest BCUT2D eigenvalue weighted by Gasteiger charge is -2.11. The average molecular weight is 435 g/mol. The molecule has 2 aromatic rings. The van der Waals surface area contributed by atoms with Crippen molar-refractivity contribution in [2.45, 2.75) is 19.8 Å². The molecule has 30 heavy (non-hydrogen) atoms. The molecule has 0 atom stereocenters. The number of ether oxygens (including phenoxy) is 2. The summed E-state index contributed by atoms with van der Waals surface area (Å²) in [6.07, 6.45) is 1.26. The van der Waals surface area contributed by atoms with E-state index in [4.69, 9.17) is 21.1 Å². The van der Waals surface area contributed by atoms with Gasteiger partial charge in [0.05, 0.1) is 11.6 Å². The molecule has 8 heteroatoms. The van der Waals surface area contributed by atoms with Gasteiger partial charge in [-0.3, -0.25) is 9.59 Å². The lowest BCUT2D eigenvalue weighted by atomic mass is 10.2. The third kappa shape index (κ3) is 7.75. The van der Waals surface area contributed by atoms with Crippen LogP contribution in [0.25, 0.3) is 0 Å². The summed E-state index contributed by atoms with van der Waals surface area (Å²) in [5.74, 6) is -0.393. The highest BCUT2D eigenvalue weighted by molar-refractivity contribution is 6.30. The number of carbonyl (C=O) groups excluding carboxylic acids is 2. The Morgan fingerprint density at radius 3 is 2.47 bits per heavy atom. The van der Waals surface area contributed by atoms with Crippen LogP contribution >= 0.6 is 11.6 Å². The van der Waals surface area contributed by atoms with Crippen molar-refractivity contribution >= 4 is 23.4 Å². The second-order valence-corrected chi connectivity index (χ2v) is 6.80. The van der Waals surface area contributed by atoms with Gasteiger partial charge in [0.25, 0.3) is 11.8 Å². The SMILES string of the molecule is C=C(CCNC(=O)c1ccc(OCCC)cc1)NC(=O)COc1ccc(Cl)c(F)c1. The summed E-state index contributed by atoms with van der Waals surface area (Å²) in [7, 11) is 0. The first-order valence-corrected chi connectivity index (χ1v) is 9.83. The van der Waals surface area contributed by atoms with Gasteiger partial charge in [-0.1, -0.05) is 25.1 Å². The molecule has 0 bridgehead atoms. The molecule has 160 valence electrons. The number of nitrogens with one attached hydrogen (secondary N) is 2. The Kier molecular flexibility index (Phi) is 9.15. The van der Waals surface area contributed by atoms with E-state index in [1.807, 2.05) is 6.92 Å². The van der Waals surface area contributed by atoms with Gasteiger partial charge in [0.15, 0.2) is 6.61 Å². The summed E-state index contributed by atoms with van der Waals surface area (Å²) in [4.78, 5) is 24.0. The van der Waals surface area contributed by atoms with Crippen LogP contribution in [0.2, 0.25) is 5.02 Å². The zero-order valence-electron chi connectivity index (χ0n) is 16.7. The molecule has 0 saturated carbocycles. The lowest BCUT2D eigenvalue weighted by Crippen LogP contribution is -2.30. The summed E-state index contributed by atoms with van der Waals surface area (Å²) >= 11 is 5.59. The molecule has 0 aromatic heterocycles. The van der Waals surface area contributed by atoms with Crippen LogP contribution in [0.15, 0.2) is 54.7 Å². The van der Waals surface area contributed by atoms with Crippen LogP contribution in [0.3, 0.4) is 0 Å². The van der Waals surface area contributed by atoms with Crippen molar-refractivity contribution in [1.29, 1.82) is 0 Å². The average Bonchev–Trinajstić information content (AvgIpc) is 2.73. The summed E-state index contributed by atoms with van der Waals surface area (Å²) in [5, 5.41) is 5.30. The van der Waals surface area contributed by atoms with Crippen molar-refractivity contribution < 1.29 is 23.5 Å². The van der Waals surface area contributed by atoms with Gasteiger partial charge in [-0.2, -0.15) is 0 Å². The van der Waals surface area contributed by atoms with E-state index in [0.29, 0.717) is 36.6 Å². The van der Waals surface area contributed by atoms with Crippen LogP contribution in [0, 0.1) is 5.82 Å². The fraction of sp³-hybridized carbons (Fsp3) is 0.273. The standard InChI is InChI=1S/C22H24ClFN2O4/c1-3-12-29-17-6-4-16(5-7-17)22(28)25-11-10-15(2)26-21(27)14-30-18-8-9-19(23)20(24)13-18/h4-9,13H,2-3,10-12,14H2,1H3,(H,25,28)(H,26,27). The first kappa shape index (κ1) is 23.2. The van der Waals surface area contributed by atoms with Gasteiger partial charge >= 0.3 is 0 Å². The molecule has 0 aliphatic rings. The van der Waals surface area contributed by atoms with Crippen molar-refractivity contribution in [3.63, 3.8) is 0 Å². The van der Waals surface area contributed by atoms with E-state index in [-0.39, 0.29) is 23.3 Å². The van der Waals surface area contributed by atoms with E-state index in [2.05, 4.69) is 17.2 Å². The van der Waals surface area contributed by atoms with Gasteiger partial charge < -0.3 is 20.1 Å². The summed E-state index contributed by atoms with van der Waals surface area (Å²) in [5.41, 5.74) is 0.937. The Morgan fingerprint density at radius 2 is 1.80 bits per heavy atom. The number of hydrogen-bond acceptors (Lipinski definition) is 4. The molecule has 2 aromatic carbocycles. The molecule has 2 rings (SSSR count). The van der Waals surface area contributed by atoms with E-state index < -0.39 is 11.7 Å². The minimum atomic E-state index is -0.627. The Morgan fingerprint density at radius 1 is 1.10 bits per heavy atom. The zero-order chi connectivity index (χ0) is 21.9. The summed E-state index contributed by atoms with van der Waals surface area (Å²) in [6, 6.07) is 10.8. The van der Waals surface area contributed by atoms with Crippen molar-refractivity contribution in [1.82, 2.24) is 10.6 Å². The Balaban J connectivity index is 1.67. The van der Waals surface area contributed by atoms with Gasteiger partial charge in [0.1, 0.15) is 17.3 Å². The molecule has 0 fully saturated rings. The molecule has 0 unspecified atom stereocenters. The third-order valence-corrected chi connectivity index (χ3v) is 4.19. The summed E-state index contributed by atoms with van der Waals surface area (Å²) < 4.78 is 24.0. The van der Waals surface area contributed by atoms with E-state index in [9.17, 15) is 14.0 Å². The van der Waals surface area contributed by atoms with Crippen LogP contribution in [-0.2, 0) is 4.79 Å². The number of benzene rings is 2. The number of rotatable bonds is 11. The van der Waals surface area contributed by atoms with Crippen LogP contribution in [0.4, 0.5) is 4.39 Å². The molecule has 0 heterocycles. The highest BCUT2D eigenvalue weighted by atomic mass is 35.5. The number of hydrogen-bond donors (Lipinski definition) is 2. The molecule has 0 saturated heterocycles. The van der Waals surface area contributed by atoms with E-state index in [1.165, 1.54) is 12.1 Å². The van der Waals surface area contributed by atoms with Crippen LogP contribution in [-0.4, -0.2) is 31.6 Å². The quantitative estimate of drug-likeness (QED) is 0.558. The molecule has 2 amide bonds. The monoisotopic (exact) mass is 434 g/mol. The van der Waals surface area contributed by atoms with E-state index in [1.54, 1.807) is 24.3 Å². The second kappa shape index (κ2) is 11.8. The maximum Gasteiger partial charge on any atom is 0.262 e. The topological polar surface area (TPSA) is 76.7 Å². The zero-order valence-corrected chi connectivity index (χ0v) is 17.4. The van der Waals surface area contributed by atoms with Crippen molar-refractivity contribution in [3.8, 4) is 11.5 Å². The smallest absolute Gasteiger partial charge is 0.262 e. The normalized spacial score (nSPS) is 10.2. The molecule has 2 N–H and O–H groups in total. The third-order valence-electron chi connectivity index (χ3n) is 3.88. The lowest BCUT2D eigenvalue weighted by molar-refractivity contribution is -0.122. The first-order valence-electron chi connectivity index (χ1n) is 9.45. The van der Waals surface area contributed by atoms with Gasteiger partial charge in [-0.05, 0) is 42.8 Å². The highest BCUT2D eigenvalue weighted by Gasteiger charge is 2.08. The summed E-state index contributed by atoms with van der Waals surface area (Å²) in [6.45, 7) is 6.39. The number of halogens is 2. The van der Waals surface area contributed by atoms with Crippen molar-refractivity contribution in [2.75, 3.05) is 19.8 Å². The van der Waals surface area contributed by atoms with E-state index >= 15 is 0 Å². The second-order valence-electron chi connectivity index (χ2n) is 6.40. The van der Waals surface area contributed by atoms with Gasteiger partial charge in [-0.15, -0.1) is 0 Å². The van der Waals surface area contributed by atoms with Gasteiger partial charge in [0.2, 0.25) is 0 Å². The fourth-order valence-electron chi connectivity index (χ4n) is 2.36. The predicted octanol–water partition coefficient (Wildman–Crippen LogP) is 4.10. The minimum absolute atomic E-state index is 0.0250.